The molecule has 8 nitrogen and oxygen atoms in total. The number of nitrogens with zero attached hydrogens (tertiary/aromatic N) is 3. The number of esters is 1. The molecule has 35 heavy (non-hydrogen) atoms. The largest absolute Gasteiger partial charge is 0.457 e. The van der Waals surface area contributed by atoms with Gasteiger partial charge in [0.15, 0.2) is 0 Å². The Bertz CT molecular complexity index is 1480. The molecule has 0 unspecified atom stereocenters. The summed E-state index contributed by atoms with van der Waals surface area (Å²) in [5, 5.41) is 2.11. The highest BCUT2D eigenvalue weighted by atomic mass is 32.2. The van der Waals surface area contributed by atoms with Gasteiger partial charge in [0.05, 0.1) is 35.6 Å². The Labute approximate surface area is 204 Å². The molecule has 0 radical (unpaired) electrons. The number of carbonyl (C=O) groups excluding carboxylic acids is 1. The lowest BCUT2D eigenvalue weighted by Gasteiger charge is -2.26. The Kier molecular flexibility index (Phi) is 6.55. The number of rotatable bonds is 7. The third kappa shape index (κ3) is 4.67. The van der Waals surface area contributed by atoms with E-state index in [4.69, 9.17) is 9.47 Å². The van der Waals surface area contributed by atoms with Crippen LogP contribution in [0.25, 0.3) is 21.8 Å². The van der Waals surface area contributed by atoms with Crippen molar-refractivity contribution in [2.24, 2.45) is 0 Å². The first kappa shape index (κ1) is 23.5. The molecule has 5 rings (SSSR count). The van der Waals surface area contributed by atoms with Crippen LogP contribution < -0.4 is 0 Å². The first-order valence-corrected chi connectivity index (χ1v) is 13.1. The second-order valence-electron chi connectivity index (χ2n) is 8.42. The van der Waals surface area contributed by atoms with E-state index >= 15 is 0 Å². The maximum Gasteiger partial charge on any atom is 0.310 e. The Balaban J connectivity index is 1.35. The lowest BCUT2D eigenvalue weighted by Crippen LogP contribution is -2.40. The van der Waals surface area contributed by atoms with Gasteiger partial charge in [-0.05, 0) is 41.5 Å². The molecule has 0 aliphatic carbocycles. The summed E-state index contributed by atoms with van der Waals surface area (Å²) in [6.07, 6.45) is 0.162. The number of hydrogen-bond donors (Lipinski definition) is 0. The van der Waals surface area contributed by atoms with Crippen LogP contribution >= 0.6 is 0 Å². The first-order valence-electron chi connectivity index (χ1n) is 11.7. The minimum absolute atomic E-state index is 0.0116. The van der Waals surface area contributed by atoms with Gasteiger partial charge < -0.3 is 14.0 Å². The summed E-state index contributed by atoms with van der Waals surface area (Å²) in [4.78, 5) is 17.5. The SMILES string of the molecule is CCn1c(COC(=O)Cc2cccc3ccccc23)nc2cc(S(=O)(=O)N3CCOCC3)ccc21. The lowest BCUT2D eigenvalue weighted by molar-refractivity contribution is -0.144. The minimum Gasteiger partial charge on any atom is -0.457 e. The van der Waals surface area contributed by atoms with Crippen molar-refractivity contribution in [2.45, 2.75) is 31.4 Å². The van der Waals surface area contributed by atoms with Crippen LogP contribution in [0.15, 0.2) is 65.6 Å². The average molecular weight is 494 g/mol. The third-order valence-corrected chi connectivity index (χ3v) is 8.19. The third-order valence-electron chi connectivity index (χ3n) is 6.30. The molecule has 0 amide bonds. The van der Waals surface area contributed by atoms with Crippen LogP contribution in [0.1, 0.15) is 18.3 Å². The molecule has 9 heteroatoms. The molecule has 3 aromatic carbocycles. The standard InChI is InChI=1S/C26H27N3O5S/c1-2-29-24-11-10-21(35(31,32)28-12-14-33-15-13-28)17-23(24)27-25(29)18-34-26(30)16-20-8-5-7-19-6-3-4-9-22(19)20/h3-11,17H,2,12-16,18H2,1H3. The van der Waals surface area contributed by atoms with Crippen molar-refractivity contribution in [2.75, 3.05) is 26.3 Å². The Morgan fingerprint density at radius 2 is 1.83 bits per heavy atom. The number of morpholine rings is 1. The molecule has 4 aromatic rings. The van der Waals surface area contributed by atoms with E-state index < -0.39 is 10.0 Å². The zero-order valence-corrected chi connectivity index (χ0v) is 20.3. The highest BCUT2D eigenvalue weighted by molar-refractivity contribution is 7.89. The molecular weight excluding hydrogens is 466 g/mol. The van der Waals surface area contributed by atoms with Gasteiger partial charge in [-0.1, -0.05) is 42.5 Å². The molecule has 0 bridgehead atoms. The van der Waals surface area contributed by atoms with Gasteiger partial charge >= 0.3 is 5.97 Å². The molecule has 1 aliphatic heterocycles. The van der Waals surface area contributed by atoms with Crippen molar-refractivity contribution in [1.29, 1.82) is 0 Å². The van der Waals surface area contributed by atoms with Crippen molar-refractivity contribution >= 4 is 37.8 Å². The fourth-order valence-corrected chi connectivity index (χ4v) is 5.95. The maximum absolute atomic E-state index is 13.0. The summed E-state index contributed by atoms with van der Waals surface area (Å²) >= 11 is 0. The molecule has 1 saturated heterocycles. The van der Waals surface area contributed by atoms with Gasteiger partial charge in [0.1, 0.15) is 12.4 Å². The number of imidazole rings is 1. The van der Waals surface area contributed by atoms with Crippen LogP contribution in [0, 0.1) is 0 Å². The first-order chi connectivity index (χ1) is 17.0. The second kappa shape index (κ2) is 9.77. The van der Waals surface area contributed by atoms with Crippen LogP contribution in [-0.4, -0.2) is 54.5 Å². The van der Waals surface area contributed by atoms with Crippen LogP contribution in [0.5, 0.6) is 0 Å². The molecule has 1 aromatic heterocycles. The number of sulfonamides is 1. The summed E-state index contributed by atoms with van der Waals surface area (Å²) < 4.78 is 40.3. The number of fused-ring (bicyclic) bond motifs is 2. The fourth-order valence-electron chi connectivity index (χ4n) is 4.52. The van der Waals surface area contributed by atoms with Crippen molar-refractivity contribution in [1.82, 2.24) is 13.9 Å². The average Bonchev–Trinajstić information content (AvgIpc) is 3.25. The maximum atomic E-state index is 13.0. The molecule has 0 atom stereocenters. The van der Waals surface area contributed by atoms with E-state index in [2.05, 4.69) is 4.98 Å². The van der Waals surface area contributed by atoms with Gasteiger partial charge in [-0.25, -0.2) is 13.4 Å². The number of benzene rings is 3. The van der Waals surface area contributed by atoms with Gasteiger partial charge in [-0.2, -0.15) is 4.31 Å². The van der Waals surface area contributed by atoms with E-state index in [-0.39, 0.29) is 23.9 Å². The Hall–Kier alpha value is -3.27. The zero-order chi connectivity index (χ0) is 24.4. The van der Waals surface area contributed by atoms with Crippen LogP contribution in [0.4, 0.5) is 0 Å². The molecular formula is C26H27N3O5S. The van der Waals surface area contributed by atoms with E-state index in [1.165, 1.54) is 4.31 Å². The van der Waals surface area contributed by atoms with Crippen LogP contribution in [0.2, 0.25) is 0 Å². The highest BCUT2D eigenvalue weighted by Gasteiger charge is 2.27. The van der Waals surface area contributed by atoms with Gasteiger partial charge in [-0.3, -0.25) is 4.79 Å². The smallest absolute Gasteiger partial charge is 0.310 e. The van der Waals surface area contributed by atoms with Crippen molar-refractivity contribution < 1.29 is 22.7 Å². The monoisotopic (exact) mass is 493 g/mol. The number of aromatic nitrogens is 2. The van der Waals surface area contributed by atoms with Crippen molar-refractivity contribution in [3.63, 3.8) is 0 Å². The van der Waals surface area contributed by atoms with Crippen molar-refractivity contribution in [3.8, 4) is 0 Å². The summed E-state index contributed by atoms with van der Waals surface area (Å²) in [6, 6.07) is 18.8. The minimum atomic E-state index is -3.62. The summed E-state index contributed by atoms with van der Waals surface area (Å²) in [6.45, 7) is 4.05. The van der Waals surface area contributed by atoms with E-state index in [1.807, 2.05) is 54.0 Å². The van der Waals surface area contributed by atoms with Gasteiger partial charge in [0.2, 0.25) is 10.0 Å². The van der Waals surface area contributed by atoms with E-state index in [9.17, 15) is 13.2 Å². The quantitative estimate of drug-likeness (QED) is 0.366. The Morgan fingerprint density at radius 3 is 2.63 bits per heavy atom. The van der Waals surface area contributed by atoms with Gasteiger partial charge in [-0.15, -0.1) is 0 Å². The normalized spacial score (nSPS) is 15.0. The molecule has 1 fully saturated rings. The molecule has 182 valence electrons. The predicted molar refractivity (Wildman–Crippen MR) is 132 cm³/mol. The fraction of sp³-hybridized carbons (Fsp3) is 0.308. The Morgan fingerprint density at radius 1 is 1.06 bits per heavy atom. The predicted octanol–water partition coefficient (Wildman–Crippen LogP) is 3.52. The lowest BCUT2D eigenvalue weighted by atomic mass is 10.0. The summed E-state index contributed by atoms with van der Waals surface area (Å²) in [7, 11) is -3.62. The van der Waals surface area contributed by atoms with Crippen LogP contribution in [-0.2, 0) is 43.9 Å². The van der Waals surface area contributed by atoms with Gasteiger partial charge in [0.25, 0.3) is 0 Å². The molecule has 2 heterocycles. The topological polar surface area (TPSA) is 90.7 Å². The second-order valence-corrected chi connectivity index (χ2v) is 10.4. The molecule has 1 aliphatic rings. The molecule has 0 spiro atoms. The number of aryl methyl sites for hydroxylation is 1. The summed E-state index contributed by atoms with van der Waals surface area (Å²) in [5.41, 5.74) is 2.27. The summed E-state index contributed by atoms with van der Waals surface area (Å²) in [5.74, 6) is 0.237. The van der Waals surface area contributed by atoms with Crippen molar-refractivity contribution in [3.05, 3.63) is 72.1 Å². The van der Waals surface area contributed by atoms with E-state index in [1.54, 1.807) is 18.2 Å². The molecule has 0 saturated carbocycles. The van der Waals surface area contributed by atoms with Crippen LogP contribution in [0.3, 0.4) is 0 Å². The van der Waals surface area contributed by atoms with Gasteiger partial charge in [0, 0.05) is 19.6 Å². The number of ether oxygens (including phenoxy) is 2. The number of hydrogen-bond acceptors (Lipinski definition) is 6. The number of carbonyl (C=O) groups is 1. The highest BCUT2D eigenvalue weighted by Crippen LogP contribution is 2.24. The molecule has 0 N–H and O–H groups in total. The zero-order valence-electron chi connectivity index (χ0n) is 19.5. The van der Waals surface area contributed by atoms with E-state index in [0.717, 1.165) is 21.9 Å². The van der Waals surface area contributed by atoms with E-state index in [0.29, 0.717) is 44.2 Å².